The molecule has 0 aromatic heterocycles. The number of nitrogens with one attached hydrogen (secondary N) is 1. The van der Waals surface area contributed by atoms with Crippen molar-refractivity contribution in [1.82, 2.24) is 5.32 Å². The van der Waals surface area contributed by atoms with Gasteiger partial charge in [0, 0.05) is 10.2 Å². The fourth-order valence-corrected chi connectivity index (χ4v) is 2.70. The molecule has 1 aromatic carbocycles. The van der Waals surface area contributed by atoms with E-state index < -0.39 is 18.4 Å². The topological polar surface area (TPSA) is 38.3 Å². The Kier molecular flexibility index (Phi) is 4.63. The standard InChI is InChI=1S/C16H21NO2.ClH/c1-3-19-15(18)16(13-9-5-4-6-10-13)12-8-7-11-14(16)17-2;/h4-7,9-11,14,17H,3,8,12H2,1-2H3;1H/t14-,16-;/m1./s1/i2D3;. The molecule has 0 bridgehead atoms. The lowest BCUT2D eigenvalue weighted by molar-refractivity contribution is -0.151. The molecule has 4 heteroatoms. The lowest BCUT2D eigenvalue weighted by atomic mass is 9.68. The van der Waals surface area contributed by atoms with E-state index in [1.54, 1.807) is 13.0 Å². The summed E-state index contributed by atoms with van der Waals surface area (Å²) in [4.78, 5) is 12.7. The molecule has 1 aliphatic rings. The lowest BCUT2D eigenvalue weighted by Gasteiger charge is -2.39. The zero-order valence-corrected chi connectivity index (χ0v) is 12.3. The van der Waals surface area contributed by atoms with Crippen LogP contribution in [0, 0.1) is 0 Å². The van der Waals surface area contributed by atoms with Gasteiger partial charge >= 0.3 is 5.97 Å². The monoisotopic (exact) mass is 298 g/mol. The number of esters is 1. The number of halogens is 1. The second-order valence-corrected chi connectivity index (χ2v) is 4.65. The van der Waals surface area contributed by atoms with E-state index in [-0.39, 0.29) is 25.0 Å². The van der Waals surface area contributed by atoms with E-state index in [4.69, 9.17) is 8.85 Å². The van der Waals surface area contributed by atoms with Crippen LogP contribution in [0.2, 0.25) is 0 Å². The average Bonchev–Trinajstić information content (AvgIpc) is 2.47. The molecule has 1 N–H and O–H groups in total. The zero-order valence-electron chi connectivity index (χ0n) is 14.5. The Balaban J connectivity index is 0.00000264. The van der Waals surface area contributed by atoms with Crippen LogP contribution >= 0.6 is 12.4 Å². The summed E-state index contributed by atoms with van der Waals surface area (Å²) < 4.78 is 27.7. The molecule has 2 rings (SSSR count). The molecule has 1 aliphatic carbocycles. The van der Waals surface area contributed by atoms with Crippen molar-refractivity contribution in [3.05, 3.63) is 48.0 Å². The highest BCUT2D eigenvalue weighted by Gasteiger charge is 2.47. The first-order chi connectivity index (χ1) is 10.4. The molecule has 1 aromatic rings. The van der Waals surface area contributed by atoms with Crippen LogP contribution < -0.4 is 5.32 Å². The minimum atomic E-state index is -2.33. The van der Waals surface area contributed by atoms with Crippen LogP contribution in [0.4, 0.5) is 0 Å². The molecule has 0 radical (unpaired) electrons. The van der Waals surface area contributed by atoms with Gasteiger partial charge < -0.3 is 10.1 Å². The van der Waals surface area contributed by atoms with Gasteiger partial charge in [-0.25, -0.2) is 0 Å². The average molecular weight is 299 g/mol. The van der Waals surface area contributed by atoms with E-state index in [9.17, 15) is 4.79 Å². The number of allylic oxidation sites excluding steroid dienone is 1. The Bertz CT molecular complexity index is 548. The summed E-state index contributed by atoms with van der Waals surface area (Å²) >= 11 is 0. The summed E-state index contributed by atoms with van der Waals surface area (Å²) in [6.45, 7) is -0.321. The van der Waals surface area contributed by atoms with Crippen LogP contribution in [0.1, 0.15) is 29.4 Å². The van der Waals surface area contributed by atoms with E-state index in [2.05, 4.69) is 5.32 Å². The molecule has 0 fully saturated rings. The molecule has 0 spiro atoms. The van der Waals surface area contributed by atoms with E-state index in [1.165, 1.54) is 0 Å². The number of carbonyl (C=O) groups excluding carboxylic acids is 1. The van der Waals surface area contributed by atoms with Crippen LogP contribution in [0.3, 0.4) is 0 Å². The van der Waals surface area contributed by atoms with E-state index in [0.717, 1.165) is 5.56 Å². The van der Waals surface area contributed by atoms with Gasteiger partial charge in [0.15, 0.2) is 0 Å². The second kappa shape index (κ2) is 7.46. The first-order valence-corrected chi connectivity index (χ1v) is 6.57. The van der Waals surface area contributed by atoms with Crippen molar-refractivity contribution in [2.24, 2.45) is 0 Å². The Hall–Kier alpha value is -1.32. The number of rotatable bonds is 4. The van der Waals surface area contributed by atoms with Crippen molar-refractivity contribution < 1.29 is 13.6 Å². The Morgan fingerprint density at radius 2 is 2.25 bits per heavy atom. The van der Waals surface area contributed by atoms with Crippen molar-refractivity contribution >= 4 is 18.4 Å². The molecule has 20 heavy (non-hydrogen) atoms. The molecule has 0 saturated heterocycles. The van der Waals surface area contributed by atoms with Gasteiger partial charge in [-0.1, -0.05) is 42.5 Å². The first-order valence-electron chi connectivity index (χ1n) is 8.07. The fraction of sp³-hybridized carbons (Fsp3) is 0.438. The summed E-state index contributed by atoms with van der Waals surface area (Å²) in [5, 5.41) is 2.60. The summed E-state index contributed by atoms with van der Waals surface area (Å²) in [6.07, 6.45) is 4.89. The summed E-state index contributed by atoms with van der Waals surface area (Å²) in [7, 11) is 0. The molecule has 110 valence electrons. The summed E-state index contributed by atoms with van der Waals surface area (Å²) in [5.41, 5.74) is -0.236. The van der Waals surface area contributed by atoms with E-state index in [1.807, 2.05) is 36.4 Å². The van der Waals surface area contributed by atoms with Gasteiger partial charge in [-0.3, -0.25) is 4.79 Å². The zero-order chi connectivity index (χ0) is 16.2. The Morgan fingerprint density at radius 3 is 2.90 bits per heavy atom. The first kappa shape index (κ1) is 12.4. The van der Waals surface area contributed by atoms with Crippen molar-refractivity contribution in [2.45, 2.75) is 31.2 Å². The number of carbonyl (C=O) groups is 1. The Labute approximate surface area is 131 Å². The van der Waals surface area contributed by atoms with Crippen LogP contribution in [-0.2, 0) is 14.9 Å². The normalized spacial score (nSPS) is 27.6. The third-order valence-electron chi connectivity index (χ3n) is 3.65. The van der Waals surface area contributed by atoms with Gasteiger partial charge in [0.1, 0.15) is 5.41 Å². The quantitative estimate of drug-likeness (QED) is 0.686. The van der Waals surface area contributed by atoms with Crippen molar-refractivity contribution in [2.75, 3.05) is 13.6 Å². The highest BCUT2D eigenvalue weighted by atomic mass is 35.5. The summed E-state index contributed by atoms with van der Waals surface area (Å²) in [6, 6.07) is 8.64. The van der Waals surface area contributed by atoms with Crippen molar-refractivity contribution in [3.63, 3.8) is 0 Å². The largest absolute Gasteiger partial charge is 0.465 e. The minimum absolute atomic E-state index is 0. The van der Waals surface area contributed by atoms with Crippen LogP contribution in [0.25, 0.3) is 0 Å². The number of likely N-dealkylation sites (N-methyl/N-ethyl adjacent to an activating group) is 1. The predicted molar refractivity (Wildman–Crippen MR) is 83.2 cm³/mol. The molecule has 2 atom stereocenters. The number of hydrogen-bond donors (Lipinski definition) is 1. The lowest BCUT2D eigenvalue weighted by Crippen LogP contribution is -2.53. The molecule has 3 nitrogen and oxygen atoms in total. The van der Waals surface area contributed by atoms with Crippen LogP contribution in [-0.4, -0.2) is 25.6 Å². The molecule has 0 aliphatic heterocycles. The highest BCUT2D eigenvalue weighted by Crippen LogP contribution is 2.38. The third-order valence-corrected chi connectivity index (χ3v) is 3.65. The van der Waals surface area contributed by atoms with Crippen LogP contribution in [0.15, 0.2) is 42.5 Å². The Morgan fingerprint density at radius 1 is 1.50 bits per heavy atom. The third kappa shape index (κ3) is 2.89. The molecule has 0 saturated carbocycles. The molecule has 0 amide bonds. The predicted octanol–water partition coefficient (Wildman–Crippen LogP) is 2.85. The highest BCUT2D eigenvalue weighted by molar-refractivity contribution is 5.85. The SMILES string of the molecule is Cl.[2H]C([2H])([2H])N[C@@H]1C=CCC[C@@]1(C(=O)OCC)c1ccccc1. The van der Waals surface area contributed by atoms with E-state index in [0.29, 0.717) is 12.8 Å². The van der Waals surface area contributed by atoms with Gasteiger partial charge in [-0.05, 0) is 32.3 Å². The summed E-state index contributed by atoms with van der Waals surface area (Å²) in [5.74, 6) is -0.382. The maximum atomic E-state index is 12.7. The van der Waals surface area contributed by atoms with Crippen molar-refractivity contribution in [1.29, 1.82) is 0 Å². The molecular formula is C16H22ClNO2. The molecule has 0 heterocycles. The van der Waals surface area contributed by atoms with Crippen molar-refractivity contribution in [3.8, 4) is 0 Å². The maximum absolute atomic E-state index is 12.7. The second-order valence-electron chi connectivity index (χ2n) is 4.65. The minimum Gasteiger partial charge on any atom is -0.465 e. The van der Waals surface area contributed by atoms with Gasteiger partial charge in [-0.15, -0.1) is 12.4 Å². The van der Waals surface area contributed by atoms with Gasteiger partial charge in [-0.2, -0.15) is 0 Å². The molecule has 0 unspecified atom stereocenters. The van der Waals surface area contributed by atoms with Gasteiger partial charge in [0.05, 0.1) is 6.61 Å². The smallest absolute Gasteiger partial charge is 0.318 e. The number of hydrogen-bond acceptors (Lipinski definition) is 3. The molecular weight excluding hydrogens is 274 g/mol. The van der Waals surface area contributed by atoms with Gasteiger partial charge in [0.2, 0.25) is 0 Å². The van der Waals surface area contributed by atoms with Gasteiger partial charge in [0.25, 0.3) is 0 Å². The van der Waals surface area contributed by atoms with E-state index >= 15 is 0 Å². The van der Waals surface area contributed by atoms with Crippen LogP contribution in [0.5, 0.6) is 0 Å². The maximum Gasteiger partial charge on any atom is 0.318 e. The number of benzene rings is 1. The fourth-order valence-electron chi connectivity index (χ4n) is 2.70. The number of ether oxygens (including phenoxy) is 1.